The lowest BCUT2D eigenvalue weighted by Gasteiger charge is -2.34. The number of anilines is 1. The quantitative estimate of drug-likeness (QED) is 0.307. The first-order valence-electron chi connectivity index (χ1n) is 12.7. The Balaban J connectivity index is 1.27. The Bertz CT molecular complexity index is 1580. The Kier molecular flexibility index (Phi) is 7.33. The van der Waals surface area contributed by atoms with Crippen molar-refractivity contribution in [3.63, 3.8) is 0 Å². The second-order valence-electron chi connectivity index (χ2n) is 9.61. The van der Waals surface area contributed by atoms with Gasteiger partial charge < -0.3 is 24.2 Å². The number of fused-ring (bicyclic) bond motifs is 3. The number of hydrogen-bond donors (Lipinski definition) is 0. The van der Waals surface area contributed by atoms with Crippen LogP contribution in [0.3, 0.4) is 0 Å². The van der Waals surface area contributed by atoms with Gasteiger partial charge >= 0.3 is 0 Å². The topological polar surface area (TPSA) is 118 Å². The molecule has 2 aliphatic heterocycles. The van der Waals surface area contributed by atoms with E-state index in [2.05, 4.69) is 20.0 Å². The zero-order valence-electron chi connectivity index (χ0n) is 22.2. The molecule has 6 heterocycles. The van der Waals surface area contributed by atoms with Gasteiger partial charge in [0.2, 0.25) is 4.96 Å². The average molecular weight is 603 g/mol. The van der Waals surface area contributed by atoms with Gasteiger partial charge in [0.05, 0.1) is 30.8 Å². The van der Waals surface area contributed by atoms with E-state index in [1.54, 1.807) is 35.8 Å². The van der Waals surface area contributed by atoms with E-state index in [0.717, 1.165) is 40.3 Å². The predicted molar refractivity (Wildman–Crippen MR) is 151 cm³/mol. The Morgan fingerprint density at radius 1 is 1.18 bits per heavy atom. The van der Waals surface area contributed by atoms with Gasteiger partial charge in [0, 0.05) is 40.2 Å². The largest absolute Gasteiger partial charge is 0.481 e. The number of aromatic nitrogens is 5. The van der Waals surface area contributed by atoms with E-state index in [-0.39, 0.29) is 23.6 Å². The first-order valence-corrected chi connectivity index (χ1v) is 14.7. The van der Waals surface area contributed by atoms with Crippen LogP contribution >= 0.6 is 34.3 Å². The summed E-state index contributed by atoms with van der Waals surface area (Å²) in [6, 6.07) is 3.00. The minimum absolute atomic E-state index is 0.147. The molecular weight excluding hydrogens is 576 g/mol. The molecule has 0 radical (unpaired) electrons. The van der Waals surface area contributed by atoms with Gasteiger partial charge in [0.15, 0.2) is 17.5 Å². The highest BCUT2D eigenvalue weighted by Gasteiger charge is 2.39. The van der Waals surface area contributed by atoms with Gasteiger partial charge in [-0.3, -0.25) is 9.59 Å². The lowest BCUT2D eigenvalue weighted by molar-refractivity contribution is -0.135. The second-order valence-corrected chi connectivity index (χ2v) is 12.2. The highest BCUT2D eigenvalue weighted by molar-refractivity contribution is 7.16. The smallest absolute Gasteiger partial charge is 0.265 e. The number of imidazole rings is 1. The fourth-order valence-electron chi connectivity index (χ4n) is 4.82. The summed E-state index contributed by atoms with van der Waals surface area (Å²) < 4.78 is 13.1. The Morgan fingerprint density at radius 3 is 2.73 bits per heavy atom. The van der Waals surface area contributed by atoms with E-state index in [1.165, 1.54) is 27.6 Å². The molecule has 1 fully saturated rings. The molecule has 1 unspecified atom stereocenters. The number of aryl methyl sites for hydroxylation is 1. The first-order chi connectivity index (χ1) is 19.3. The van der Waals surface area contributed by atoms with E-state index < -0.39 is 6.04 Å². The van der Waals surface area contributed by atoms with Crippen molar-refractivity contribution in [2.45, 2.75) is 19.4 Å². The number of hydrogen-bond acceptors (Lipinski definition) is 11. The van der Waals surface area contributed by atoms with Crippen molar-refractivity contribution >= 4 is 56.9 Å². The van der Waals surface area contributed by atoms with E-state index in [9.17, 15) is 9.59 Å². The number of carbonyl (C=O) groups is 2. The summed E-state index contributed by atoms with van der Waals surface area (Å²) in [5.74, 6) is 0.676. The van der Waals surface area contributed by atoms with Gasteiger partial charge in [-0.15, -0.1) is 11.3 Å². The minimum atomic E-state index is -0.567. The summed E-state index contributed by atoms with van der Waals surface area (Å²) in [6.45, 7) is 4.84. The second kappa shape index (κ2) is 10.9. The van der Waals surface area contributed by atoms with Gasteiger partial charge in [-0.2, -0.15) is 5.10 Å². The average Bonchev–Trinajstić information content (AvgIpc) is 3.66. The normalized spacial score (nSPS) is 17.2. The summed E-state index contributed by atoms with van der Waals surface area (Å²) in [4.78, 5) is 46.7. The van der Waals surface area contributed by atoms with Crippen LogP contribution < -0.4 is 9.64 Å². The lowest BCUT2D eigenvalue weighted by Crippen LogP contribution is -2.43. The molecular formula is C25H27ClN8O4S2. The van der Waals surface area contributed by atoms with Crippen LogP contribution in [0.15, 0.2) is 18.3 Å². The summed E-state index contributed by atoms with van der Waals surface area (Å²) in [6.07, 6.45) is 2.12. The summed E-state index contributed by atoms with van der Waals surface area (Å²) >= 11 is 9.19. The molecule has 0 spiro atoms. The maximum Gasteiger partial charge on any atom is 0.265 e. The van der Waals surface area contributed by atoms with Crippen LogP contribution in [0.2, 0.25) is 5.15 Å². The number of pyridine rings is 1. The van der Waals surface area contributed by atoms with E-state index in [4.69, 9.17) is 26.1 Å². The lowest BCUT2D eigenvalue weighted by atomic mass is 10.0. The molecule has 4 aromatic heterocycles. The molecule has 6 rings (SSSR count). The van der Waals surface area contributed by atoms with E-state index >= 15 is 0 Å². The van der Waals surface area contributed by atoms with Crippen molar-refractivity contribution in [3.05, 3.63) is 49.8 Å². The van der Waals surface area contributed by atoms with E-state index in [1.807, 2.05) is 13.0 Å². The van der Waals surface area contributed by atoms with Crippen LogP contribution in [0.25, 0.3) is 4.96 Å². The number of ether oxygens (including phenoxy) is 2. The third-order valence-corrected chi connectivity index (χ3v) is 8.89. The number of carbonyl (C=O) groups excluding carboxylic acids is 2. The summed E-state index contributed by atoms with van der Waals surface area (Å²) in [5, 5.41) is 6.31. The molecule has 1 saturated heterocycles. The molecule has 0 saturated carbocycles. The standard InChI is InChI=1S/C25H27ClN8O4S2/c1-14-30-34-20-15(28-25(34)39-14)6-7-33(21(20)23-27-12-17(40-23)24(36)31(2)3)19(35)13-38-16-4-5-18(29-22(16)26)32-8-10-37-11-9-32/h4-5,12,21H,6-11,13H2,1-3H3. The van der Waals surface area contributed by atoms with Crippen molar-refractivity contribution in [2.75, 3.05) is 58.5 Å². The zero-order chi connectivity index (χ0) is 28.0. The third kappa shape index (κ3) is 5.00. The van der Waals surface area contributed by atoms with Crippen LogP contribution in [0, 0.1) is 6.92 Å². The molecule has 0 aromatic carbocycles. The number of morpholine rings is 1. The Morgan fingerprint density at radius 2 is 1.98 bits per heavy atom. The predicted octanol–water partition coefficient (Wildman–Crippen LogP) is 2.70. The van der Waals surface area contributed by atoms with Crippen molar-refractivity contribution < 1.29 is 19.1 Å². The minimum Gasteiger partial charge on any atom is -0.481 e. The summed E-state index contributed by atoms with van der Waals surface area (Å²) in [7, 11) is 3.39. The highest BCUT2D eigenvalue weighted by atomic mass is 35.5. The van der Waals surface area contributed by atoms with Crippen LogP contribution in [0.4, 0.5) is 5.82 Å². The van der Waals surface area contributed by atoms with Gasteiger partial charge in [0.1, 0.15) is 26.8 Å². The molecule has 40 heavy (non-hydrogen) atoms. The molecule has 1 atom stereocenters. The Hall–Kier alpha value is -3.33. The highest BCUT2D eigenvalue weighted by Crippen LogP contribution is 2.38. The van der Waals surface area contributed by atoms with Gasteiger partial charge in [0.25, 0.3) is 11.8 Å². The molecule has 12 nitrogen and oxygen atoms in total. The van der Waals surface area contributed by atoms with Crippen LogP contribution in [0.5, 0.6) is 5.75 Å². The molecule has 4 aromatic rings. The monoisotopic (exact) mass is 602 g/mol. The molecule has 0 aliphatic carbocycles. The molecule has 0 N–H and O–H groups in total. The maximum atomic E-state index is 13.7. The van der Waals surface area contributed by atoms with Crippen LogP contribution in [-0.4, -0.2) is 99.7 Å². The first kappa shape index (κ1) is 26.9. The van der Waals surface area contributed by atoms with Crippen molar-refractivity contribution in [2.24, 2.45) is 0 Å². The number of rotatable bonds is 6. The van der Waals surface area contributed by atoms with Crippen molar-refractivity contribution in [3.8, 4) is 5.75 Å². The fourth-order valence-corrected chi connectivity index (χ4v) is 6.85. The number of nitrogens with zero attached hydrogens (tertiary/aromatic N) is 8. The third-order valence-electron chi connectivity index (χ3n) is 6.76. The fraction of sp³-hybridized carbons (Fsp3) is 0.440. The number of thiazole rings is 1. The molecule has 15 heteroatoms. The molecule has 210 valence electrons. The van der Waals surface area contributed by atoms with Crippen molar-refractivity contribution in [1.82, 2.24) is 34.4 Å². The number of amides is 2. The SMILES string of the molecule is Cc1nn2c3c(nc2s1)CCN(C(=O)COc1ccc(N2CCOCC2)nc1Cl)C3c1ncc(C(=O)N(C)C)s1. The van der Waals surface area contributed by atoms with Gasteiger partial charge in [-0.25, -0.2) is 19.5 Å². The molecule has 2 amide bonds. The van der Waals surface area contributed by atoms with Crippen molar-refractivity contribution in [1.29, 1.82) is 0 Å². The van der Waals surface area contributed by atoms with E-state index in [0.29, 0.717) is 41.8 Å². The summed E-state index contributed by atoms with van der Waals surface area (Å²) in [5.41, 5.74) is 1.65. The number of halogens is 1. The molecule has 2 aliphatic rings. The zero-order valence-corrected chi connectivity index (χ0v) is 24.6. The van der Waals surface area contributed by atoms with Crippen LogP contribution in [-0.2, 0) is 16.0 Å². The Labute approximate surface area is 243 Å². The van der Waals surface area contributed by atoms with Crippen LogP contribution in [0.1, 0.15) is 37.1 Å². The maximum absolute atomic E-state index is 13.7. The van der Waals surface area contributed by atoms with Gasteiger partial charge in [-0.1, -0.05) is 22.9 Å². The van der Waals surface area contributed by atoms with Gasteiger partial charge in [-0.05, 0) is 19.1 Å². The molecule has 0 bridgehead atoms.